The first kappa shape index (κ1) is 21.3. The Labute approximate surface area is 165 Å². The minimum Gasteiger partial charge on any atom is -0.507 e. The summed E-state index contributed by atoms with van der Waals surface area (Å²) in [7, 11) is 1.70. The molecule has 1 unspecified atom stereocenters. The molecule has 2 rings (SSSR count). The second kappa shape index (κ2) is 10.4. The summed E-state index contributed by atoms with van der Waals surface area (Å²) >= 11 is 6.28. The molecule has 0 saturated carbocycles. The van der Waals surface area contributed by atoms with E-state index in [1.807, 2.05) is 6.92 Å². The molecule has 0 bridgehead atoms. The Morgan fingerprint density at radius 2 is 2.04 bits per heavy atom. The van der Waals surface area contributed by atoms with E-state index in [0.29, 0.717) is 12.0 Å². The number of fused-ring (bicyclic) bond motifs is 1. The Hall–Kier alpha value is -2.01. The first-order valence-electron chi connectivity index (χ1n) is 9.51. The first-order valence-corrected chi connectivity index (χ1v) is 9.89. The van der Waals surface area contributed by atoms with Crippen molar-refractivity contribution in [1.82, 2.24) is 0 Å². The number of nitrogens with zero attached hydrogens (tertiary/aromatic N) is 1. The number of halogens is 1. The summed E-state index contributed by atoms with van der Waals surface area (Å²) in [6, 6.07) is 1.09. The minimum absolute atomic E-state index is 0.0149. The van der Waals surface area contributed by atoms with E-state index in [2.05, 4.69) is 17.1 Å². The summed E-state index contributed by atoms with van der Waals surface area (Å²) in [4.78, 5) is 17.2. The zero-order valence-electron chi connectivity index (χ0n) is 16.0. The number of hydrogen-bond acceptors (Lipinski definition) is 5. The van der Waals surface area contributed by atoms with Crippen molar-refractivity contribution >= 4 is 23.3 Å². The Morgan fingerprint density at radius 1 is 1.26 bits per heavy atom. The number of ether oxygens (including phenoxy) is 1. The molecule has 0 aromatic heterocycles. The van der Waals surface area contributed by atoms with E-state index in [0.717, 1.165) is 50.3 Å². The van der Waals surface area contributed by atoms with Crippen molar-refractivity contribution in [2.75, 3.05) is 7.05 Å². The second-order valence-corrected chi connectivity index (χ2v) is 7.20. The molecule has 0 amide bonds. The highest BCUT2D eigenvalue weighted by Gasteiger charge is 2.26. The number of rotatable bonds is 2. The molecule has 1 aliphatic rings. The number of aromatic hydroxyl groups is 2. The Bertz CT molecular complexity index is 727. The van der Waals surface area contributed by atoms with Gasteiger partial charge in [0.05, 0.1) is 5.02 Å². The zero-order chi connectivity index (χ0) is 19.8. The van der Waals surface area contributed by atoms with Gasteiger partial charge in [0.1, 0.15) is 23.2 Å². The lowest BCUT2D eigenvalue weighted by molar-refractivity contribution is 0.0283. The van der Waals surface area contributed by atoms with Crippen LogP contribution in [0.4, 0.5) is 0 Å². The predicted molar refractivity (Wildman–Crippen MR) is 108 cm³/mol. The number of allylic oxidation sites excluding steroid dienone is 1. The van der Waals surface area contributed by atoms with Gasteiger partial charge in [-0.2, -0.15) is 0 Å². The Kier molecular flexibility index (Phi) is 8.17. The van der Waals surface area contributed by atoms with Crippen LogP contribution in [0.25, 0.3) is 0 Å². The van der Waals surface area contributed by atoms with Crippen LogP contribution in [0.15, 0.2) is 23.2 Å². The van der Waals surface area contributed by atoms with Gasteiger partial charge in [-0.15, -0.1) is 0 Å². The van der Waals surface area contributed by atoms with E-state index in [-0.39, 0.29) is 34.6 Å². The van der Waals surface area contributed by atoms with Gasteiger partial charge >= 0.3 is 5.97 Å². The van der Waals surface area contributed by atoms with Crippen LogP contribution in [0.2, 0.25) is 5.02 Å². The summed E-state index contributed by atoms with van der Waals surface area (Å²) in [5.74, 6) is -1.21. The van der Waals surface area contributed by atoms with Crippen molar-refractivity contribution in [3.8, 4) is 11.5 Å². The lowest BCUT2D eigenvalue weighted by Crippen LogP contribution is -2.20. The Morgan fingerprint density at radius 3 is 2.74 bits per heavy atom. The maximum absolute atomic E-state index is 12.9. The molecule has 2 N–H and O–H groups in total. The molecule has 0 saturated heterocycles. The quantitative estimate of drug-likeness (QED) is 0.534. The fourth-order valence-electron chi connectivity index (χ4n) is 3.28. The SMILES string of the molecule is CCCC1C/C=C/CCCCC(=NC)Cc2c(Cl)c(O)cc(O)c2C(=O)O1. The summed E-state index contributed by atoms with van der Waals surface area (Å²) in [6.07, 6.45) is 10.2. The van der Waals surface area contributed by atoms with Crippen LogP contribution in [0, 0.1) is 0 Å². The third-order valence-electron chi connectivity index (χ3n) is 4.76. The van der Waals surface area contributed by atoms with Gasteiger partial charge in [0.25, 0.3) is 0 Å². The molecule has 5 nitrogen and oxygen atoms in total. The van der Waals surface area contributed by atoms with Crippen molar-refractivity contribution in [3.05, 3.63) is 34.4 Å². The molecular weight excluding hydrogens is 366 g/mol. The predicted octanol–water partition coefficient (Wildman–Crippen LogP) is 5.21. The fraction of sp³-hybridized carbons (Fsp3) is 0.524. The van der Waals surface area contributed by atoms with Gasteiger partial charge in [0.2, 0.25) is 0 Å². The lowest BCUT2D eigenvalue weighted by Gasteiger charge is -2.19. The van der Waals surface area contributed by atoms with E-state index < -0.39 is 5.97 Å². The molecule has 1 heterocycles. The number of benzene rings is 1. The third-order valence-corrected chi connectivity index (χ3v) is 5.18. The number of phenols is 2. The third kappa shape index (κ3) is 5.73. The fourth-order valence-corrected chi connectivity index (χ4v) is 3.49. The first-order chi connectivity index (χ1) is 13.0. The minimum atomic E-state index is -0.622. The number of aliphatic imine (C=N–C) groups is 1. The summed E-state index contributed by atoms with van der Waals surface area (Å²) in [5.41, 5.74) is 1.24. The molecule has 0 spiro atoms. The van der Waals surface area contributed by atoms with Crippen LogP contribution >= 0.6 is 11.6 Å². The number of cyclic esters (lactones) is 1. The highest BCUT2D eigenvalue weighted by molar-refractivity contribution is 6.33. The van der Waals surface area contributed by atoms with E-state index in [4.69, 9.17) is 16.3 Å². The van der Waals surface area contributed by atoms with Crippen molar-refractivity contribution in [2.24, 2.45) is 4.99 Å². The average Bonchev–Trinajstić information content (AvgIpc) is 2.63. The monoisotopic (exact) mass is 393 g/mol. The van der Waals surface area contributed by atoms with Gasteiger partial charge in [-0.1, -0.05) is 37.1 Å². The van der Waals surface area contributed by atoms with E-state index >= 15 is 0 Å². The van der Waals surface area contributed by atoms with Crippen LogP contribution in [0.5, 0.6) is 11.5 Å². The van der Waals surface area contributed by atoms with Crippen molar-refractivity contribution in [2.45, 2.75) is 64.4 Å². The van der Waals surface area contributed by atoms with Crippen LogP contribution in [-0.2, 0) is 11.2 Å². The molecule has 148 valence electrons. The average molecular weight is 394 g/mol. The van der Waals surface area contributed by atoms with E-state index in [1.165, 1.54) is 0 Å². The summed E-state index contributed by atoms with van der Waals surface area (Å²) in [5, 5.41) is 20.4. The maximum atomic E-state index is 12.9. The molecule has 6 heteroatoms. The Balaban J connectivity index is 2.47. The van der Waals surface area contributed by atoms with Gasteiger partial charge in [-0.25, -0.2) is 4.79 Å². The van der Waals surface area contributed by atoms with Crippen LogP contribution in [0.1, 0.15) is 67.8 Å². The van der Waals surface area contributed by atoms with E-state index in [1.54, 1.807) is 7.05 Å². The molecule has 0 fully saturated rings. The zero-order valence-corrected chi connectivity index (χ0v) is 16.8. The van der Waals surface area contributed by atoms with Gasteiger partial charge in [0.15, 0.2) is 0 Å². The number of hydrogen-bond donors (Lipinski definition) is 2. The van der Waals surface area contributed by atoms with E-state index in [9.17, 15) is 15.0 Å². The highest BCUT2D eigenvalue weighted by atomic mass is 35.5. The molecule has 0 radical (unpaired) electrons. The summed E-state index contributed by atoms with van der Waals surface area (Å²) in [6.45, 7) is 2.03. The number of phenolic OH excluding ortho intramolecular Hbond substituents is 2. The molecule has 27 heavy (non-hydrogen) atoms. The maximum Gasteiger partial charge on any atom is 0.342 e. The number of carbonyl (C=O) groups excluding carboxylic acids is 1. The molecule has 1 atom stereocenters. The molecule has 1 aliphatic heterocycles. The van der Waals surface area contributed by atoms with Crippen molar-refractivity contribution in [1.29, 1.82) is 0 Å². The largest absolute Gasteiger partial charge is 0.507 e. The lowest BCUT2D eigenvalue weighted by atomic mass is 9.97. The molecule has 1 aromatic rings. The van der Waals surface area contributed by atoms with Crippen LogP contribution < -0.4 is 0 Å². The molecular formula is C21H28ClNO4. The number of esters is 1. The topological polar surface area (TPSA) is 79.1 Å². The smallest absolute Gasteiger partial charge is 0.342 e. The normalized spacial score (nSPS) is 22.0. The van der Waals surface area contributed by atoms with Gasteiger partial charge in [-0.05, 0) is 37.7 Å². The van der Waals surface area contributed by atoms with Crippen molar-refractivity contribution in [3.63, 3.8) is 0 Å². The van der Waals surface area contributed by atoms with Crippen LogP contribution in [-0.4, -0.2) is 35.0 Å². The van der Waals surface area contributed by atoms with Crippen LogP contribution in [0.3, 0.4) is 0 Å². The standard InChI is InChI=1S/C21H28ClNO4/c1-3-9-15-11-8-6-4-5-7-10-14(23-2)12-16-19(21(26)27-15)17(24)13-18(25)20(16)22/h6,8,13,15,24-25H,3-5,7,9-12H2,1-2H3/b8-6+,23-14?. The molecule has 1 aromatic carbocycles. The molecule has 0 aliphatic carbocycles. The highest BCUT2D eigenvalue weighted by Crippen LogP contribution is 2.37. The second-order valence-electron chi connectivity index (χ2n) is 6.82. The van der Waals surface area contributed by atoms with Gasteiger partial charge < -0.3 is 14.9 Å². The van der Waals surface area contributed by atoms with Crippen molar-refractivity contribution < 1.29 is 19.7 Å². The summed E-state index contributed by atoms with van der Waals surface area (Å²) < 4.78 is 5.68. The number of carbonyl (C=O) groups is 1. The van der Waals surface area contributed by atoms with Gasteiger partial charge in [-0.3, -0.25) is 4.99 Å². The van der Waals surface area contributed by atoms with Gasteiger partial charge in [0, 0.05) is 31.7 Å².